The Hall–Kier alpha value is -2.11. The van der Waals surface area contributed by atoms with E-state index in [1.54, 1.807) is 27.9 Å². The SMILES string of the molecule is Cn1cc(C=CC(=O)N2CC[C@@H](O)[C@H](Cc3ccc(Cl)cc3)C2)cn1. The van der Waals surface area contributed by atoms with Crippen molar-refractivity contribution in [1.82, 2.24) is 14.7 Å². The number of aromatic nitrogens is 2. The summed E-state index contributed by atoms with van der Waals surface area (Å²) in [7, 11) is 1.84. The van der Waals surface area contributed by atoms with Crippen LogP contribution in [0.15, 0.2) is 42.7 Å². The summed E-state index contributed by atoms with van der Waals surface area (Å²) in [5.41, 5.74) is 2.01. The molecule has 25 heavy (non-hydrogen) atoms. The molecule has 6 heteroatoms. The van der Waals surface area contributed by atoms with E-state index in [9.17, 15) is 9.90 Å². The van der Waals surface area contributed by atoms with E-state index in [0.717, 1.165) is 17.5 Å². The van der Waals surface area contributed by atoms with Crippen LogP contribution in [-0.4, -0.2) is 44.9 Å². The van der Waals surface area contributed by atoms with Crippen molar-refractivity contribution in [2.75, 3.05) is 13.1 Å². The maximum absolute atomic E-state index is 12.4. The second-order valence-electron chi connectivity index (χ2n) is 6.51. The Morgan fingerprint density at radius 1 is 1.40 bits per heavy atom. The van der Waals surface area contributed by atoms with E-state index < -0.39 is 0 Å². The quantitative estimate of drug-likeness (QED) is 0.853. The first-order valence-electron chi connectivity index (χ1n) is 8.39. The average Bonchev–Trinajstić information content (AvgIpc) is 3.02. The number of piperidine rings is 1. The summed E-state index contributed by atoms with van der Waals surface area (Å²) in [6, 6.07) is 7.65. The van der Waals surface area contributed by atoms with Gasteiger partial charge in [-0.1, -0.05) is 23.7 Å². The van der Waals surface area contributed by atoms with Crippen LogP contribution in [0.3, 0.4) is 0 Å². The lowest BCUT2D eigenvalue weighted by Gasteiger charge is -2.36. The molecule has 1 N–H and O–H groups in total. The van der Waals surface area contributed by atoms with E-state index in [2.05, 4.69) is 5.10 Å². The summed E-state index contributed by atoms with van der Waals surface area (Å²) < 4.78 is 1.70. The predicted molar refractivity (Wildman–Crippen MR) is 98.1 cm³/mol. The molecule has 1 aliphatic heterocycles. The Bertz CT molecular complexity index is 754. The van der Waals surface area contributed by atoms with Crippen LogP contribution in [0.1, 0.15) is 17.5 Å². The second-order valence-corrected chi connectivity index (χ2v) is 6.95. The van der Waals surface area contributed by atoms with Crippen LogP contribution in [0.5, 0.6) is 0 Å². The molecule has 5 nitrogen and oxygen atoms in total. The van der Waals surface area contributed by atoms with Crippen LogP contribution in [0.2, 0.25) is 5.02 Å². The fraction of sp³-hybridized carbons (Fsp3) is 0.368. The van der Waals surface area contributed by atoms with Crippen molar-refractivity contribution in [3.05, 3.63) is 58.9 Å². The molecule has 0 radical (unpaired) electrons. The second kappa shape index (κ2) is 7.85. The summed E-state index contributed by atoms with van der Waals surface area (Å²) >= 11 is 5.92. The number of hydrogen-bond donors (Lipinski definition) is 1. The lowest BCUT2D eigenvalue weighted by molar-refractivity contribution is -0.129. The number of aryl methyl sites for hydroxylation is 1. The van der Waals surface area contributed by atoms with E-state index in [-0.39, 0.29) is 17.9 Å². The molecular formula is C19H22ClN3O2. The minimum atomic E-state index is -0.387. The molecule has 0 unspecified atom stereocenters. The van der Waals surface area contributed by atoms with Crippen molar-refractivity contribution in [3.8, 4) is 0 Å². The Labute approximate surface area is 152 Å². The van der Waals surface area contributed by atoms with Crippen molar-refractivity contribution in [2.24, 2.45) is 13.0 Å². The van der Waals surface area contributed by atoms with Crippen LogP contribution in [0.25, 0.3) is 6.08 Å². The molecule has 1 aliphatic rings. The highest BCUT2D eigenvalue weighted by atomic mass is 35.5. The summed E-state index contributed by atoms with van der Waals surface area (Å²) in [5, 5.41) is 15.1. The van der Waals surface area contributed by atoms with Gasteiger partial charge < -0.3 is 10.0 Å². The van der Waals surface area contributed by atoms with Crippen LogP contribution >= 0.6 is 11.6 Å². The van der Waals surface area contributed by atoms with Gasteiger partial charge in [-0.25, -0.2) is 0 Å². The van der Waals surface area contributed by atoms with Crippen LogP contribution in [0, 0.1) is 5.92 Å². The minimum absolute atomic E-state index is 0.0307. The maximum atomic E-state index is 12.4. The zero-order valence-corrected chi connectivity index (χ0v) is 14.9. The molecule has 132 valence electrons. The van der Waals surface area contributed by atoms with Crippen LogP contribution in [-0.2, 0) is 18.3 Å². The predicted octanol–water partition coefficient (Wildman–Crippen LogP) is 2.54. The van der Waals surface area contributed by atoms with Gasteiger partial charge in [-0.05, 0) is 36.6 Å². The van der Waals surface area contributed by atoms with Crippen molar-refractivity contribution in [3.63, 3.8) is 0 Å². The van der Waals surface area contributed by atoms with Gasteiger partial charge in [-0.3, -0.25) is 9.48 Å². The maximum Gasteiger partial charge on any atom is 0.246 e. The number of halogens is 1. The Morgan fingerprint density at radius 3 is 2.84 bits per heavy atom. The van der Waals surface area contributed by atoms with Gasteiger partial charge >= 0.3 is 0 Å². The smallest absolute Gasteiger partial charge is 0.246 e. The standard InChI is InChI=1S/C19H22ClN3O2/c1-22-12-15(11-21-22)4-7-19(25)23-9-8-18(24)16(13-23)10-14-2-5-17(20)6-3-14/h2-7,11-12,16,18,24H,8-10,13H2,1H3/t16-,18-/m1/s1. The molecule has 1 aromatic carbocycles. The lowest BCUT2D eigenvalue weighted by atomic mass is 9.88. The summed E-state index contributed by atoms with van der Waals surface area (Å²) in [6.07, 6.45) is 7.86. The molecular weight excluding hydrogens is 338 g/mol. The van der Waals surface area contributed by atoms with Gasteiger partial charge in [0, 0.05) is 48.9 Å². The Morgan fingerprint density at radius 2 is 2.16 bits per heavy atom. The minimum Gasteiger partial charge on any atom is -0.393 e. The zero-order chi connectivity index (χ0) is 17.8. The van der Waals surface area contributed by atoms with Gasteiger partial charge in [-0.2, -0.15) is 5.10 Å². The highest BCUT2D eigenvalue weighted by molar-refractivity contribution is 6.30. The lowest BCUT2D eigenvalue weighted by Crippen LogP contribution is -2.46. The molecule has 0 bridgehead atoms. The zero-order valence-electron chi connectivity index (χ0n) is 14.2. The molecule has 0 spiro atoms. The van der Waals surface area contributed by atoms with Gasteiger partial charge in [0.2, 0.25) is 5.91 Å². The molecule has 2 heterocycles. The van der Waals surface area contributed by atoms with Crippen molar-refractivity contribution in [2.45, 2.75) is 18.9 Å². The third-order valence-electron chi connectivity index (χ3n) is 4.56. The van der Waals surface area contributed by atoms with Gasteiger partial charge in [0.1, 0.15) is 0 Å². The van der Waals surface area contributed by atoms with E-state index in [4.69, 9.17) is 11.6 Å². The number of rotatable bonds is 4. The monoisotopic (exact) mass is 359 g/mol. The van der Waals surface area contributed by atoms with Gasteiger partial charge in [0.25, 0.3) is 0 Å². The van der Waals surface area contributed by atoms with Crippen molar-refractivity contribution >= 4 is 23.6 Å². The number of carbonyl (C=O) groups is 1. The Balaban J connectivity index is 1.62. The molecule has 1 saturated heterocycles. The highest BCUT2D eigenvalue weighted by Crippen LogP contribution is 2.23. The first-order chi connectivity index (χ1) is 12.0. The van der Waals surface area contributed by atoms with Gasteiger partial charge in [0.05, 0.1) is 12.3 Å². The van der Waals surface area contributed by atoms with Gasteiger partial charge in [-0.15, -0.1) is 0 Å². The molecule has 2 atom stereocenters. The van der Waals surface area contributed by atoms with E-state index in [1.807, 2.05) is 37.5 Å². The average molecular weight is 360 g/mol. The normalized spacial score (nSPS) is 21.0. The first kappa shape index (κ1) is 17.7. The number of aliphatic hydroxyl groups is 1. The molecule has 1 amide bonds. The van der Waals surface area contributed by atoms with Crippen molar-refractivity contribution in [1.29, 1.82) is 0 Å². The molecule has 1 aromatic heterocycles. The van der Waals surface area contributed by atoms with E-state index >= 15 is 0 Å². The van der Waals surface area contributed by atoms with Crippen LogP contribution in [0.4, 0.5) is 0 Å². The van der Waals surface area contributed by atoms with E-state index in [1.165, 1.54) is 0 Å². The van der Waals surface area contributed by atoms with E-state index in [0.29, 0.717) is 24.5 Å². The fourth-order valence-corrected chi connectivity index (χ4v) is 3.27. The number of likely N-dealkylation sites (tertiary alicyclic amines) is 1. The summed E-state index contributed by atoms with van der Waals surface area (Å²) in [4.78, 5) is 14.2. The highest BCUT2D eigenvalue weighted by Gasteiger charge is 2.29. The molecule has 0 saturated carbocycles. The largest absolute Gasteiger partial charge is 0.393 e. The molecule has 2 aromatic rings. The number of amides is 1. The topological polar surface area (TPSA) is 58.4 Å². The molecule has 0 aliphatic carbocycles. The van der Waals surface area contributed by atoms with Crippen LogP contribution < -0.4 is 0 Å². The molecule has 3 rings (SSSR count). The third-order valence-corrected chi connectivity index (χ3v) is 4.81. The number of hydrogen-bond acceptors (Lipinski definition) is 3. The Kier molecular flexibility index (Phi) is 5.56. The molecule has 1 fully saturated rings. The number of carbonyl (C=O) groups excluding carboxylic acids is 1. The summed E-state index contributed by atoms with van der Waals surface area (Å²) in [6.45, 7) is 1.13. The van der Waals surface area contributed by atoms with Gasteiger partial charge in [0.15, 0.2) is 0 Å². The first-order valence-corrected chi connectivity index (χ1v) is 8.77. The number of benzene rings is 1. The third kappa shape index (κ3) is 4.71. The summed E-state index contributed by atoms with van der Waals surface area (Å²) in [5.74, 6) is 0.00234. The fourth-order valence-electron chi connectivity index (χ4n) is 3.14. The number of aliphatic hydroxyl groups excluding tert-OH is 1. The number of nitrogens with zero attached hydrogens (tertiary/aromatic N) is 3. The van der Waals surface area contributed by atoms with Crippen molar-refractivity contribution < 1.29 is 9.90 Å².